The van der Waals surface area contributed by atoms with Crippen LogP contribution in [0.25, 0.3) is 0 Å². The lowest BCUT2D eigenvalue weighted by Crippen LogP contribution is -2.32. The number of benzene rings is 1. The maximum Gasteiger partial charge on any atom is 0.307 e. The minimum absolute atomic E-state index is 0.000516. The first-order chi connectivity index (χ1) is 8.50. The molecule has 0 atom stereocenters. The molecule has 1 aromatic rings. The first kappa shape index (κ1) is 14.2. The van der Waals surface area contributed by atoms with Crippen LogP contribution in [0.15, 0.2) is 24.3 Å². The highest BCUT2D eigenvalue weighted by molar-refractivity contribution is 5.77. The number of carbonyl (C=O) groups is 2. The number of aliphatic carboxylic acids is 1. The van der Waals surface area contributed by atoms with Gasteiger partial charge in [-0.15, -0.1) is 0 Å². The number of carboxylic acid groups (broad SMARTS) is 1. The number of amides is 1. The summed E-state index contributed by atoms with van der Waals surface area (Å²) in [6.07, 6.45) is -0.000516. The van der Waals surface area contributed by atoms with Gasteiger partial charge in [-0.1, -0.05) is 24.3 Å². The topological polar surface area (TPSA) is 69.6 Å². The van der Waals surface area contributed by atoms with Crippen LogP contribution in [0.3, 0.4) is 0 Å². The van der Waals surface area contributed by atoms with Crippen LogP contribution in [0.2, 0.25) is 0 Å². The highest BCUT2D eigenvalue weighted by Gasteiger charge is 2.07. The van der Waals surface area contributed by atoms with Crippen LogP contribution < -0.4 is 5.32 Å². The third-order valence-electron chi connectivity index (χ3n) is 2.55. The quantitative estimate of drug-likeness (QED) is 0.771. The molecule has 98 valence electrons. The van der Waals surface area contributed by atoms with Crippen LogP contribution in [0, 0.1) is 0 Å². The van der Waals surface area contributed by atoms with Crippen LogP contribution in [-0.2, 0) is 22.6 Å². The van der Waals surface area contributed by atoms with E-state index in [4.69, 9.17) is 5.11 Å². The zero-order valence-electron chi connectivity index (χ0n) is 10.6. The van der Waals surface area contributed by atoms with Gasteiger partial charge in [0.2, 0.25) is 5.91 Å². The maximum atomic E-state index is 11.4. The molecule has 0 aliphatic carbocycles. The van der Waals surface area contributed by atoms with E-state index in [9.17, 15) is 9.59 Å². The number of likely N-dealkylation sites (N-methyl/N-ethyl adjacent to an activating group) is 1. The van der Waals surface area contributed by atoms with Crippen molar-refractivity contribution in [2.24, 2.45) is 0 Å². The largest absolute Gasteiger partial charge is 0.481 e. The second-order valence-corrected chi connectivity index (χ2v) is 4.23. The lowest BCUT2D eigenvalue weighted by Gasteiger charge is -2.12. The molecule has 1 amide bonds. The average Bonchev–Trinajstić information content (AvgIpc) is 2.30. The van der Waals surface area contributed by atoms with Crippen LogP contribution in [0.4, 0.5) is 0 Å². The predicted molar refractivity (Wildman–Crippen MR) is 68.2 cm³/mol. The summed E-state index contributed by atoms with van der Waals surface area (Å²) in [6.45, 7) is 0.734. The molecule has 2 N–H and O–H groups in total. The summed E-state index contributed by atoms with van der Waals surface area (Å²) in [5.74, 6) is -0.863. The average molecular weight is 250 g/mol. The zero-order chi connectivity index (χ0) is 13.5. The maximum absolute atomic E-state index is 11.4. The Morgan fingerprint density at radius 2 is 1.83 bits per heavy atom. The molecule has 5 heteroatoms. The van der Waals surface area contributed by atoms with Gasteiger partial charge in [-0.3, -0.25) is 9.59 Å². The fourth-order valence-corrected chi connectivity index (χ4v) is 1.53. The summed E-state index contributed by atoms with van der Waals surface area (Å²) in [6, 6.07) is 7.33. The molecule has 0 unspecified atom stereocenters. The number of carboxylic acids is 1. The number of rotatable bonds is 6. The van der Waals surface area contributed by atoms with Crippen molar-refractivity contribution in [3.63, 3.8) is 0 Å². The first-order valence-corrected chi connectivity index (χ1v) is 5.70. The molecule has 0 aromatic heterocycles. The van der Waals surface area contributed by atoms with Gasteiger partial charge < -0.3 is 15.3 Å². The molecular formula is C13H18N2O3. The molecule has 1 rings (SSSR count). The monoisotopic (exact) mass is 250 g/mol. The van der Waals surface area contributed by atoms with Gasteiger partial charge in [0.25, 0.3) is 0 Å². The summed E-state index contributed by atoms with van der Waals surface area (Å²) in [5, 5.41) is 11.8. The molecule has 0 spiro atoms. The molecule has 18 heavy (non-hydrogen) atoms. The lowest BCUT2D eigenvalue weighted by atomic mass is 10.0. The molecule has 0 saturated carbocycles. The molecule has 0 fully saturated rings. The predicted octanol–water partition coefficient (Wildman–Crippen LogP) is 0.491. The van der Waals surface area contributed by atoms with E-state index in [0.29, 0.717) is 6.54 Å². The molecule has 0 bridgehead atoms. The van der Waals surface area contributed by atoms with E-state index in [1.807, 2.05) is 18.2 Å². The van der Waals surface area contributed by atoms with Gasteiger partial charge in [-0.05, 0) is 11.1 Å². The smallest absolute Gasteiger partial charge is 0.307 e. The summed E-state index contributed by atoms with van der Waals surface area (Å²) in [7, 11) is 3.39. The van der Waals surface area contributed by atoms with Crippen LogP contribution in [-0.4, -0.2) is 42.5 Å². The van der Waals surface area contributed by atoms with Gasteiger partial charge in [0.05, 0.1) is 13.0 Å². The Morgan fingerprint density at radius 3 is 2.39 bits per heavy atom. The number of carbonyl (C=O) groups excluding carboxylic acids is 1. The summed E-state index contributed by atoms with van der Waals surface area (Å²) in [4.78, 5) is 23.6. The van der Waals surface area contributed by atoms with Gasteiger partial charge in [-0.2, -0.15) is 0 Å². The number of hydrogen-bond donors (Lipinski definition) is 2. The van der Waals surface area contributed by atoms with E-state index in [1.54, 1.807) is 20.2 Å². The first-order valence-electron chi connectivity index (χ1n) is 5.70. The van der Waals surface area contributed by atoms with E-state index in [1.165, 1.54) is 4.90 Å². The Hall–Kier alpha value is -1.88. The second kappa shape index (κ2) is 6.76. The van der Waals surface area contributed by atoms with E-state index in [2.05, 4.69) is 5.32 Å². The summed E-state index contributed by atoms with van der Waals surface area (Å²) >= 11 is 0. The standard InChI is InChI=1S/C13H18N2O3/c1-15(2)12(16)9-14-8-11-6-4-3-5-10(11)7-13(17)18/h3-6,14H,7-9H2,1-2H3,(H,17,18). The minimum Gasteiger partial charge on any atom is -0.481 e. The third kappa shape index (κ3) is 4.55. The van der Waals surface area contributed by atoms with Crippen molar-refractivity contribution in [2.75, 3.05) is 20.6 Å². The highest BCUT2D eigenvalue weighted by atomic mass is 16.4. The fourth-order valence-electron chi connectivity index (χ4n) is 1.53. The van der Waals surface area contributed by atoms with Crippen molar-refractivity contribution in [3.05, 3.63) is 35.4 Å². The molecule has 1 aromatic carbocycles. The van der Waals surface area contributed by atoms with Gasteiger partial charge in [0.15, 0.2) is 0 Å². The molecule has 0 aliphatic heterocycles. The molecule has 0 radical (unpaired) electrons. The number of hydrogen-bond acceptors (Lipinski definition) is 3. The van der Waals surface area contributed by atoms with Gasteiger partial charge >= 0.3 is 5.97 Å². The van der Waals surface area contributed by atoms with E-state index in [0.717, 1.165) is 11.1 Å². The molecular weight excluding hydrogens is 232 g/mol. The van der Waals surface area contributed by atoms with Crippen molar-refractivity contribution in [2.45, 2.75) is 13.0 Å². The summed E-state index contributed by atoms with van der Waals surface area (Å²) < 4.78 is 0. The van der Waals surface area contributed by atoms with Crippen molar-refractivity contribution in [1.82, 2.24) is 10.2 Å². The Balaban J connectivity index is 2.56. The van der Waals surface area contributed by atoms with Gasteiger partial charge in [-0.25, -0.2) is 0 Å². The molecule has 0 heterocycles. The Bertz CT molecular complexity index is 430. The van der Waals surface area contributed by atoms with Crippen LogP contribution in [0.1, 0.15) is 11.1 Å². The Morgan fingerprint density at radius 1 is 1.22 bits per heavy atom. The van der Waals surface area contributed by atoms with Crippen molar-refractivity contribution < 1.29 is 14.7 Å². The number of nitrogens with one attached hydrogen (secondary N) is 1. The second-order valence-electron chi connectivity index (χ2n) is 4.23. The van der Waals surface area contributed by atoms with Crippen LogP contribution >= 0.6 is 0 Å². The Kier molecular flexibility index (Phi) is 5.32. The highest BCUT2D eigenvalue weighted by Crippen LogP contribution is 2.09. The third-order valence-corrected chi connectivity index (χ3v) is 2.55. The zero-order valence-corrected chi connectivity index (χ0v) is 10.6. The lowest BCUT2D eigenvalue weighted by molar-refractivity contribution is -0.136. The van der Waals surface area contributed by atoms with Gasteiger partial charge in [0, 0.05) is 20.6 Å². The normalized spacial score (nSPS) is 10.1. The number of nitrogens with zero attached hydrogens (tertiary/aromatic N) is 1. The molecule has 0 aliphatic rings. The van der Waals surface area contributed by atoms with Crippen molar-refractivity contribution >= 4 is 11.9 Å². The fraction of sp³-hybridized carbons (Fsp3) is 0.385. The van der Waals surface area contributed by atoms with Crippen LogP contribution in [0.5, 0.6) is 0 Å². The van der Waals surface area contributed by atoms with Crippen molar-refractivity contribution in [3.8, 4) is 0 Å². The van der Waals surface area contributed by atoms with Crippen molar-refractivity contribution in [1.29, 1.82) is 0 Å². The summed E-state index contributed by atoms with van der Waals surface area (Å²) in [5.41, 5.74) is 1.68. The molecule has 0 saturated heterocycles. The minimum atomic E-state index is -0.855. The van der Waals surface area contributed by atoms with E-state index < -0.39 is 5.97 Å². The SMILES string of the molecule is CN(C)C(=O)CNCc1ccccc1CC(=O)O. The molecule has 5 nitrogen and oxygen atoms in total. The van der Waals surface area contributed by atoms with Gasteiger partial charge in [0.1, 0.15) is 0 Å². The van der Waals surface area contributed by atoms with E-state index >= 15 is 0 Å². The Labute approximate surface area is 106 Å². The van der Waals surface area contributed by atoms with E-state index in [-0.39, 0.29) is 18.9 Å².